The van der Waals surface area contributed by atoms with Crippen molar-refractivity contribution in [2.45, 2.75) is 58.1 Å². The molecule has 4 nitrogen and oxygen atoms in total. The molecule has 0 bridgehead atoms. The van der Waals surface area contributed by atoms with E-state index in [0.717, 1.165) is 11.1 Å². The molecule has 0 N–H and O–H groups in total. The average Bonchev–Trinajstić information content (AvgIpc) is 3.01. The fourth-order valence-electron chi connectivity index (χ4n) is 3.09. The Morgan fingerprint density at radius 3 is 1.96 bits per heavy atom. The average molecular weight is 356 g/mol. The van der Waals surface area contributed by atoms with Crippen molar-refractivity contribution in [2.75, 3.05) is 6.61 Å². The molecule has 3 rings (SSSR count). The highest BCUT2D eigenvalue weighted by atomic mass is 16.8. The normalized spacial score (nSPS) is 21.4. The van der Waals surface area contributed by atoms with E-state index in [1.165, 1.54) is 0 Å². The molecular weight excluding hydrogens is 328 g/mol. The van der Waals surface area contributed by atoms with Gasteiger partial charge in [-0.3, -0.25) is 0 Å². The summed E-state index contributed by atoms with van der Waals surface area (Å²) in [6, 6.07) is 20.3. The predicted octanol–water partition coefficient (Wildman–Crippen LogP) is 4.33. The molecule has 0 amide bonds. The molecule has 0 aromatic heterocycles. The molecule has 0 unspecified atom stereocenters. The molecule has 4 heteroatoms. The van der Waals surface area contributed by atoms with Crippen LogP contribution in [0.25, 0.3) is 0 Å². The van der Waals surface area contributed by atoms with Gasteiger partial charge < -0.3 is 18.9 Å². The van der Waals surface area contributed by atoms with Crippen molar-refractivity contribution in [1.82, 2.24) is 0 Å². The van der Waals surface area contributed by atoms with Gasteiger partial charge in [0, 0.05) is 0 Å². The molecule has 3 atom stereocenters. The SMILES string of the molecule is C[C@H](OCc1ccccc1)[C@H](OCc1ccccc1)[C@H]1COC(C)(C)O1. The van der Waals surface area contributed by atoms with Crippen LogP contribution in [0.1, 0.15) is 31.9 Å². The van der Waals surface area contributed by atoms with Crippen molar-refractivity contribution in [3.63, 3.8) is 0 Å². The number of hydrogen-bond donors (Lipinski definition) is 0. The summed E-state index contributed by atoms with van der Waals surface area (Å²) in [5.41, 5.74) is 2.27. The first-order chi connectivity index (χ1) is 12.5. The van der Waals surface area contributed by atoms with Crippen LogP contribution in [0.4, 0.5) is 0 Å². The van der Waals surface area contributed by atoms with E-state index in [-0.39, 0.29) is 18.3 Å². The maximum atomic E-state index is 6.23. The first-order valence-corrected chi connectivity index (χ1v) is 9.16. The van der Waals surface area contributed by atoms with Crippen molar-refractivity contribution < 1.29 is 18.9 Å². The van der Waals surface area contributed by atoms with Crippen LogP contribution in [-0.4, -0.2) is 30.7 Å². The number of rotatable bonds is 8. The highest BCUT2D eigenvalue weighted by Gasteiger charge is 2.40. The molecule has 26 heavy (non-hydrogen) atoms. The molecule has 0 spiro atoms. The van der Waals surface area contributed by atoms with Crippen LogP contribution in [0.3, 0.4) is 0 Å². The van der Waals surface area contributed by atoms with Gasteiger partial charge in [-0.25, -0.2) is 0 Å². The molecule has 0 radical (unpaired) electrons. The van der Waals surface area contributed by atoms with Crippen molar-refractivity contribution in [3.05, 3.63) is 71.8 Å². The van der Waals surface area contributed by atoms with Gasteiger partial charge in [0.15, 0.2) is 5.79 Å². The highest BCUT2D eigenvalue weighted by Crippen LogP contribution is 2.28. The summed E-state index contributed by atoms with van der Waals surface area (Å²) in [5, 5.41) is 0. The lowest BCUT2D eigenvalue weighted by atomic mass is 10.1. The molecule has 1 aliphatic rings. The van der Waals surface area contributed by atoms with Crippen molar-refractivity contribution in [3.8, 4) is 0 Å². The minimum atomic E-state index is -0.585. The van der Waals surface area contributed by atoms with Crippen LogP contribution < -0.4 is 0 Å². The van der Waals surface area contributed by atoms with Gasteiger partial charge in [-0.05, 0) is 31.9 Å². The zero-order valence-electron chi connectivity index (χ0n) is 15.8. The van der Waals surface area contributed by atoms with E-state index in [1.54, 1.807) is 0 Å². The molecule has 1 fully saturated rings. The van der Waals surface area contributed by atoms with Crippen LogP contribution in [0.15, 0.2) is 60.7 Å². The second-order valence-corrected chi connectivity index (χ2v) is 7.13. The van der Waals surface area contributed by atoms with Gasteiger partial charge in [0.05, 0.1) is 25.9 Å². The van der Waals surface area contributed by atoms with Gasteiger partial charge in [0.1, 0.15) is 12.2 Å². The van der Waals surface area contributed by atoms with Crippen molar-refractivity contribution in [1.29, 1.82) is 0 Å². The second-order valence-electron chi connectivity index (χ2n) is 7.13. The first-order valence-electron chi connectivity index (χ1n) is 9.16. The molecule has 1 saturated heterocycles. The molecule has 2 aromatic carbocycles. The second kappa shape index (κ2) is 8.78. The molecule has 1 heterocycles. The smallest absolute Gasteiger partial charge is 0.163 e. The van der Waals surface area contributed by atoms with Crippen molar-refractivity contribution >= 4 is 0 Å². The van der Waals surface area contributed by atoms with E-state index in [1.807, 2.05) is 57.2 Å². The summed E-state index contributed by atoms with van der Waals surface area (Å²) >= 11 is 0. The van der Waals surface area contributed by atoms with E-state index < -0.39 is 5.79 Å². The largest absolute Gasteiger partial charge is 0.371 e. The fourth-order valence-corrected chi connectivity index (χ4v) is 3.09. The van der Waals surface area contributed by atoms with E-state index in [9.17, 15) is 0 Å². The summed E-state index contributed by atoms with van der Waals surface area (Å²) in [6.45, 7) is 7.46. The first kappa shape index (κ1) is 19.1. The topological polar surface area (TPSA) is 36.9 Å². The minimum absolute atomic E-state index is 0.124. The van der Waals surface area contributed by atoms with Gasteiger partial charge in [0.2, 0.25) is 0 Å². The number of ether oxygens (including phenoxy) is 4. The maximum Gasteiger partial charge on any atom is 0.163 e. The molecule has 0 saturated carbocycles. The van der Waals surface area contributed by atoms with Gasteiger partial charge >= 0.3 is 0 Å². The number of benzene rings is 2. The van der Waals surface area contributed by atoms with Crippen molar-refractivity contribution in [2.24, 2.45) is 0 Å². The molecule has 1 aliphatic heterocycles. The summed E-state index contributed by atoms with van der Waals surface area (Å²) in [4.78, 5) is 0. The lowest BCUT2D eigenvalue weighted by Crippen LogP contribution is -2.41. The zero-order chi connectivity index (χ0) is 18.4. The van der Waals surface area contributed by atoms with Gasteiger partial charge in [-0.1, -0.05) is 60.7 Å². The zero-order valence-corrected chi connectivity index (χ0v) is 15.8. The Bertz CT molecular complexity index is 656. The van der Waals surface area contributed by atoms with Crippen LogP contribution in [0, 0.1) is 0 Å². The van der Waals surface area contributed by atoms with E-state index >= 15 is 0 Å². The lowest BCUT2D eigenvalue weighted by Gasteiger charge is -2.29. The molecule has 0 aliphatic carbocycles. The van der Waals surface area contributed by atoms with E-state index in [2.05, 4.69) is 24.3 Å². The van der Waals surface area contributed by atoms with E-state index in [0.29, 0.717) is 19.8 Å². The Labute approximate surface area is 156 Å². The summed E-state index contributed by atoms with van der Waals surface area (Å²) in [7, 11) is 0. The van der Waals surface area contributed by atoms with Crippen LogP contribution in [0.2, 0.25) is 0 Å². The number of hydrogen-bond acceptors (Lipinski definition) is 4. The van der Waals surface area contributed by atoms with Gasteiger partial charge in [-0.15, -0.1) is 0 Å². The minimum Gasteiger partial charge on any atom is -0.371 e. The molecular formula is C22H28O4. The quantitative estimate of drug-likeness (QED) is 0.705. The molecule has 2 aromatic rings. The Kier molecular flexibility index (Phi) is 6.43. The third kappa shape index (κ3) is 5.39. The summed E-state index contributed by atoms with van der Waals surface area (Å²) < 4.78 is 24.1. The van der Waals surface area contributed by atoms with Crippen LogP contribution in [0.5, 0.6) is 0 Å². The standard InChI is InChI=1S/C22H28O4/c1-17(23-14-18-10-6-4-7-11-18)21(20-16-25-22(2,3)26-20)24-15-19-12-8-5-9-13-19/h4-13,17,20-21H,14-16H2,1-3H3/t17-,20+,21-/m0/s1. The summed E-state index contributed by atoms with van der Waals surface area (Å²) in [6.07, 6.45) is -0.485. The van der Waals surface area contributed by atoms with E-state index in [4.69, 9.17) is 18.9 Å². The predicted molar refractivity (Wildman–Crippen MR) is 101 cm³/mol. The maximum absolute atomic E-state index is 6.23. The third-order valence-electron chi connectivity index (χ3n) is 4.50. The third-order valence-corrected chi connectivity index (χ3v) is 4.50. The van der Waals surface area contributed by atoms with Gasteiger partial charge in [-0.2, -0.15) is 0 Å². The lowest BCUT2D eigenvalue weighted by molar-refractivity contribution is -0.177. The highest BCUT2D eigenvalue weighted by molar-refractivity contribution is 5.14. The Balaban J connectivity index is 1.63. The monoisotopic (exact) mass is 356 g/mol. The Hall–Kier alpha value is -1.72. The summed E-state index contributed by atoms with van der Waals surface area (Å²) in [5.74, 6) is -0.585. The molecule has 140 valence electrons. The van der Waals surface area contributed by atoms with Gasteiger partial charge in [0.25, 0.3) is 0 Å². The van der Waals surface area contributed by atoms with Crippen LogP contribution >= 0.6 is 0 Å². The Morgan fingerprint density at radius 1 is 0.923 bits per heavy atom. The fraction of sp³-hybridized carbons (Fsp3) is 0.455. The van der Waals surface area contributed by atoms with Crippen LogP contribution in [-0.2, 0) is 32.2 Å². The Morgan fingerprint density at radius 2 is 1.46 bits per heavy atom.